The first-order valence-electron chi connectivity index (χ1n) is 7.28. The van der Waals surface area contributed by atoms with Crippen LogP contribution in [0.15, 0.2) is 46.9 Å². The van der Waals surface area contributed by atoms with Crippen LogP contribution >= 0.6 is 22.6 Å². The molecule has 0 fully saturated rings. The van der Waals surface area contributed by atoms with Gasteiger partial charge in [-0.2, -0.15) is 13.2 Å². The fourth-order valence-electron chi connectivity index (χ4n) is 2.28. The quantitative estimate of drug-likeness (QED) is 0.238. The standard InChI is InChI=1S/C18H8F5IO3/c19-13-5-9(18(21,22)23)6-14(20)17(13)27-16-7-10(24)1-3-12(16)15-4-2-11(8-25)26-15/h1-8H. The Kier molecular flexibility index (Phi) is 5.22. The number of aldehydes is 1. The van der Waals surface area contributed by atoms with Crippen LogP contribution in [0.2, 0.25) is 0 Å². The van der Waals surface area contributed by atoms with Crippen molar-refractivity contribution in [2.24, 2.45) is 0 Å². The van der Waals surface area contributed by atoms with E-state index in [1.54, 1.807) is 6.07 Å². The Morgan fingerprint density at radius 3 is 2.22 bits per heavy atom. The third kappa shape index (κ3) is 4.12. The topological polar surface area (TPSA) is 39.4 Å². The molecule has 0 bridgehead atoms. The maximum absolute atomic E-state index is 14.1. The van der Waals surface area contributed by atoms with E-state index < -0.39 is 29.1 Å². The van der Waals surface area contributed by atoms with Gasteiger partial charge in [-0.1, -0.05) is 0 Å². The molecule has 0 saturated heterocycles. The lowest BCUT2D eigenvalue weighted by atomic mass is 10.1. The van der Waals surface area contributed by atoms with E-state index in [1.807, 2.05) is 22.6 Å². The Bertz CT molecular complexity index is 987. The molecule has 3 nitrogen and oxygen atoms in total. The number of carbonyl (C=O) groups is 1. The summed E-state index contributed by atoms with van der Waals surface area (Å²) in [6, 6.07) is 7.78. The molecule has 0 aliphatic heterocycles. The van der Waals surface area contributed by atoms with E-state index in [-0.39, 0.29) is 35.0 Å². The van der Waals surface area contributed by atoms with Crippen LogP contribution < -0.4 is 4.74 Å². The normalized spacial score (nSPS) is 11.5. The van der Waals surface area contributed by atoms with Gasteiger partial charge in [0.25, 0.3) is 0 Å². The van der Waals surface area contributed by atoms with Crippen LogP contribution in [0, 0.1) is 15.2 Å². The molecule has 0 saturated carbocycles. The van der Waals surface area contributed by atoms with E-state index in [0.29, 0.717) is 9.86 Å². The van der Waals surface area contributed by atoms with Crippen molar-refractivity contribution in [3.8, 4) is 22.8 Å². The molecule has 2 aromatic carbocycles. The minimum atomic E-state index is -4.90. The number of alkyl halides is 3. The van der Waals surface area contributed by atoms with Gasteiger partial charge in [0.15, 0.2) is 29.4 Å². The highest BCUT2D eigenvalue weighted by atomic mass is 127. The highest BCUT2D eigenvalue weighted by Crippen LogP contribution is 2.39. The zero-order valence-corrected chi connectivity index (χ0v) is 15.3. The molecule has 1 heterocycles. The van der Waals surface area contributed by atoms with Crippen molar-refractivity contribution in [3.05, 3.63) is 69.0 Å². The van der Waals surface area contributed by atoms with Crippen LogP contribution in [-0.4, -0.2) is 6.29 Å². The summed E-state index contributed by atoms with van der Waals surface area (Å²) in [5.74, 6) is -3.81. The molecular formula is C18H8F5IO3. The number of furan rings is 1. The molecule has 140 valence electrons. The Labute approximate surface area is 162 Å². The molecule has 9 heteroatoms. The third-order valence-corrected chi connectivity index (χ3v) is 4.16. The Balaban J connectivity index is 2.06. The van der Waals surface area contributed by atoms with E-state index >= 15 is 0 Å². The summed E-state index contributed by atoms with van der Waals surface area (Å²) in [7, 11) is 0. The zero-order chi connectivity index (χ0) is 19.8. The van der Waals surface area contributed by atoms with E-state index in [1.165, 1.54) is 24.3 Å². The summed E-state index contributed by atoms with van der Waals surface area (Å²) in [4.78, 5) is 10.8. The number of ether oxygens (including phenoxy) is 1. The monoisotopic (exact) mass is 494 g/mol. The van der Waals surface area contributed by atoms with Gasteiger partial charge in [0, 0.05) is 3.57 Å². The number of halogens is 6. The minimum Gasteiger partial charge on any atom is -0.453 e. The average Bonchev–Trinajstić information content (AvgIpc) is 3.06. The molecule has 3 rings (SSSR count). The smallest absolute Gasteiger partial charge is 0.416 e. The first-order chi connectivity index (χ1) is 12.7. The van der Waals surface area contributed by atoms with Crippen LogP contribution in [0.5, 0.6) is 11.5 Å². The first-order valence-corrected chi connectivity index (χ1v) is 8.36. The van der Waals surface area contributed by atoms with Crippen LogP contribution in [-0.2, 0) is 6.18 Å². The summed E-state index contributed by atoms with van der Waals surface area (Å²) in [6.07, 6.45) is -4.42. The number of hydrogen-bond acceptors (Lipinski definition) is 3. The van der Waals surface area contributed by atoms with Crippen molar-refractivity contribution in [3.63, 3.8) is 0 Å². The second-order valence-electron chi connectivity index (χ2n) is 5.33. The Morgan fingerprint density at radius 2 is 1.67 bits per heavy atom. The van der Waals surface area contributed by atoms with Crippen LogP contribution in [0.4, 0.5) is 22.0 Å². The van der Waals surface area contributed by atoms with Gasteiger partial charge in [-0.25, -0.2) is 8.78 Å². The van der Waals surface area contributed by atoms with Crippen molar-refractivity contribution in [2.75, 3.05) is 0 Å². The summed E-state index contributed by atoms with van der Waals surface area (Å²) in [5.41, 5.74) is -1.20. The number of carbonyl (C=O) groups excluding carboxylic acids is 1. The summed E-state index contributed by atoms with van der Waals surface area (Å²) >= 11 is 1.93. The molecule has 3 aromatic rings. The van der Waals surface area contributed by atoms with Crippen molar-refractivity contribution in [1.29, 1.82) is 0 Å². The molecule has 0 aliphatic rings. The van der Waals surface area contributed by atoms with E-state index in [4.69, 9.17) is 9.15 Å². The van der Waals surface area contributed by atoms with Crippen molar-refractivity contribution in [2.45, 2.75) is 6.18 Å². The lowest BCUT2D eigenvalue weighted by molar-refractivity contribution is -0.138. The second-order valence-corrected chi connectivity index (χ2v) is 6.57. The van der Waals surface area contributed by atoms with Gasteiger partial charge < -0.3 is 9.15 Å². The zero-order valence-electron chi connectivity index (χ0n) is 13.1. The van der Waals surface area contributed by atoms with Crippen LogP contribution in [0.1, 0.15) is 16.1 Å². The lowest BCUT2D eigenvalue weighted by Gasteiger charge is -2.14. The summed E-state index contributed by atoms with van der Waals surface area (Å²) in [5, 5.41) is 0. The highest BCUT2D eigenvalue weighted by molar-refractivity contribution is 14.1. The second kappa shape index (κ2) is 7.29. The maximum Gasteiger partial charge on any atom is 0.416 e. The lowest BCUT2D eigenvalue weighted by Crippen LogP contribution is -2.07. The fraction of sp³-hybridized carbons (Fsp3) is 0.0556. The molecule has 0 N–H and O–H groups in total. The van der Waals surface area contributed by atoms with Gasteiger partial charge in [-0.05, 0) is 65.1 Å². The molecule has 1 aromatic heterocycles. The summed E-state index contributed by atoms with van der Waals surface area (Å²) < 4.78 is 77.3. The van der Waals surface area contributed by atoms with Gasteiger partial charge >= 0.3 is 6.18 Å². The van der Waals surface area contributed by atoms with E-state index in [2.05, 4.69) is 0 Å². The van der Waals surface area contributed by atoms with Crippen LogP contribution in [0.25, 0.3) is 11.3 Å². The minimum absolute atomic E-state index is 0.0291. The fourth-order valence-corrected chi connectivity index (χ4v) is 2.74. The Morgan fingerprint density at radius 1 is 1.00 bits per heavy atom. The van der Waals surface area contributed by atoms with Crippen molar-refractivity contribution < 1.29 is 35.9 Å². The average molecular weight is 494 g/mol. The highest BCUT2D eigenvalue weighted by Gasteiger charge is 2.33. The van der Waals surface area contributed by atoms with E-state index in [0.717, 1.165) is 0 Å². The number of benzene rings is 2. The Hall–Kier alpha value is -2.43. The van der Waals surface area contributed by atoms with Gasteiger partial charge in [0.2, 0.25) is 0 Å². The first kappa shape index (κ1) is 19.3. The molecule has 0 radical (unpaired) electrons. The molecule has 0 spiro atoms. The third-order valence-electron chi connectivity index (χ3n) is 3.49. The van der Waals surface area contributed by atoms with Crippen molar-refractivity contribution >= 4 is 28.9 Å². The van der Waals surface area contributed by atoms with Gasteiger partial charge in [-0.15, -0.1) is 0 Å². The molecule has 0 amide bonds. The van der Waals surface area contributed by atoms with Gasteiger partial charge in [-0.3, -0.25) is 4.79 Å². The van der Waals surface area contributed by atoms with E-state index in [9.17, 15) is 26.7 Å². The largest absolute Gasteiger partial charge is 0.453 e. The number of hydrogen-bond donors (Lipinski definition) is 0. The van der Waals surface area contributed by atoms with Crippen molar-refractivity contribution in [1.82, 2.24) is 0 Å². The van der Waals surface area contributed by atoms with Gasteiger partial charge in [0.05, 0.1) is 11.1 Å². The predicted octanol–water partition coefficient (Wildman–Crippen LogP) is 6.45. The summed E-state index contributed by atoms with van der Waals surface area (Å²) in [6.45, 7) is 0. The van der Waals surface area contributed by atoms with Gasteiger partial charge in [0.1, 0.15) is 11.5 Å². The maximum atomic E-state index is 14.1. The predicted molar refractivity (Wildman–Crippen MR) is 93.7 cm³/mol. The SMILES string of the molecule is O=Cc1ccc(-c2ccc(I)cc2Oc2c(F)cc(C(F)(F)F)cc2F)o1. The molecular weight excluding hydrogens is 486 g/mol. The molecule has 0 aliphatic carbocycles. The molecule has 0 unspecified atom stereocenters. The number of rotatable bonds is 4. The molecule has 0 atom stereocenters. The van der Waals surface area contributed by atoms with Crippen LogP contribution in [0.3, 0.4) is 0 Å². The molecule has 27 heavy (non-hydrogen) atoms.